The third-order valence-corrected chi connectivity index (χ3v) is 4.16. The molecule has 122 valence electrons. The number of ether oxygens (including phenoxy) is 1. The molecule has 0 N–H and O–H groups in total. The number of esters is 1. The zero-order valence-electron chi connectivity index (χ0n) is 12.9. The Bertz CT molecular complexity index is 794. The fourth-order valence-electron chi connectivity index (χ4n) is 2.73. The summed E-state index contributed by atoms with van der Waals surface area (Å²) < 4.78 is 8.16. The van der Waals surface area contributed by atoms with Crippen LogP contribution in [-0.4, -0.2) is 20.3 Å². The SMILES string of the molecule is Cc1cc(Cl)ccc1OC(=O)Cn1nc2n(c1=O)CCCCC2. The molecule has 1 aromatic heterocycles. The van der Waals surface area contributed by atoms with Crippen LogP contribution in [-0.2, 0) is 24.3 Å². The Hall–Kier alpha value is -2.08. The Morgan fingerprint density at radius 1 is 1.35 bits per heavy atom. The van der Waals surface area contributed by atoms with Gasteiger partial charge in [-0.3, -0.25) is 4.57 Å². The second-order valence-corrected chi connectivity index (χ2v) is 6.14. The maximum Gasteiger partial charge on any atom is 0.346 e. The molecule has 0 spiro atoms. The Kier molecular flexibility index (Phi) is 4.52. The van der Waals surface area contributed by atoms with E-state index in [4.69, 9.17) is 16.3 Å². The molecule has 0 aliphatic carbocycles. The largest absolute Gasteiger partial charge is 0.425 e. The fourth-order valence-corrected chi connectivity index (χ4v) is 2.96. The first-order valence-electron chi connectivity index (χ1n) is 7.68. The molecule has 3 rings (SSSR count). The number of nitrogens with zero attached hydrogens (tertiary/aromatic N) is 3. The maximum absolute atomic E-state index is 12.3. The molecule has 0 saturated carbocycles. The average Bonchev–Trinajstić information content (AvgIpc) is 2.68. The molecule has 7 heteroatoms. The molecule has 0 unspecified atom stereocenters. The first kappa shape index (κ1) is 15.8. The van der Waals surface area contributed by atoms with Gasteiger partial charge in [0.1, 0.15) is 18.1 Å². The van der Waals surface area contributed by atoms with Crippen LogP contribution in [0.1, 0.15) is 30.7 Å². The summed E-state index contributed by atoms with van der Waals surface area (Å²) in [7, 11) is 0. The summed E-state index contributed by atoms with van der Waals surface area (Å²) in [6, 6.07) is 5.01. The van der Waals surface area contributed by atoms with Crippen molar-refractivity contribution in [3.63, 3.8) is 0 Å². The number of fused-ring (bicyclic) bond motifs is 1. The Balaban J connectivity index is 1.74. The second kappa shape index (κ2) is 6.58. The first-order chi connectivity index (χ1) is 11.0. The van der Waals surface area contributed by atoms with Gasteiger partial charge in [-0.1, -0.05) is 18.0 Å². The van der Waals surface area contributed by atoms with E-state index in [2.05, 4.69) is 5.10 Å². The van der Waals surface area contributed by atoms with Gasteiger partial charge in [-0.05, 0) is 43.5 Å². The van der Waals surface area contributed by atoms with E-state index in [9.17, 15) is 9.59 Å². The van der Waals surface area contributed by atoms with Gasteiger partial charge >= 0.3 is 11.7 Å². The van der Waals surface area contributed by atoms with Crippen molar-refractivity contribution in [3.8, 4) is 5.75 Å². The first-order valence-corrected chi connectivity index (χ1v) is 8.06. The van der Waals surface area contributed by atoms with E-state index in [0.29, 0.717) is 17.3 Å². The minimum Gasteiger partial charge on any atom is -0.425 e. The van der Waals surface area contributed by atoms with Gasteiger partial charge in [-0.25, -0.2) is 14.3 Å². The van der Waals surface area contributed by atoms with Gasteiger partial charge < -0.3 is 4.74 Å². The molecule has 0 fully saturated rings. The van der Waals surface area contributed by atoms with Crippen molar-refractivity contribution in [3.05, 3.63) is 45.1 Å². The lowest BCUT2D eigenvalue weighted by Gasteiger charge is -2.07. The summed E-state index contributed by atoms with van der Waals surface area (Å²) in [6.07, 6.45) is 3.85. The van der Waals surface area contributed by atoms with Crippen LogP contribution in [0.3, 0.4) is 0 Å². The van der Waals surface area contributed by atoms with E-state index in [1.165, 1.54) is 4.68 Å². The van der Waals surface area contributed by atoms with Crippen molar-refractivity contribution in [2.45, 2.75) is 45.7 Å². The highest BCUT2D eigenvalue weighted by Crippen LogP contribution is 2.22. The van der Waals surface area contributed by atoms with E-state index in [1.54, 1.807) is 29.7 Å². The normalized spacial score (nSPS) is 14.2. The van der Waals surface area contributed by atoms with Crippen molar-refractivity contribution in [1.82, 2.24) is 14.3 Å². The summed E-state index contributed by atoms with van der Waals surface area (Å²) >= 11 is 5.88. The zero-order valence-corrected chi connectivity index (χ0v) is 13.7. The Morgan fingerprint density at radius 3 is 2.96 bits per heavy atom. The second-order valence-electron chi connectivity index (χ2n) is 5.70. The van der Waals surface area contributed by atoms with E-state index in [-0.39, 0.29) is 12.2 Å². The molecular weight excluding hydrogens is 318 g/mol. The lowest BCUT2D eigenvalue weighted by Crippen LogP contribution is -2.29. The highest BCUT2D eigenvalue weighted by atomic mass is 35.5. The molecule has 0 bridgehead atoms. The molecule has 23 heavy (non-hydrogen) atoms. The molecule has 1 aromatic carbocycles. The monoisotopic (exact) mass is 335 g/mol. The highest BCUT2D eigenvalue weighted by molar-refractivity contribution is 6.30. The zero-order chi connectivity index (χ0) is 16.4. The van der Waals surface area contributed by atoms with Gasteiger partial charge in [0, 0.05) is 18.0 Å². The number of carbonyl (C=O) groups is 1. The van der Waals surface area contributed by atoms with Crippen LogP contribution in [0.2, 0.25) is 5.02 Å². The number of benzene rings is 1. The van der Waals surface area contributed by atoms with E-state index in [1.807, 2.05) is 0 Å². The number of hydrogen-bond acceptors (Lipinski definition) is 4. The number of aryl methyl sites for hydroxylation is 2. The van der Waals surface area contributed by atoms with Crippen LogP contribution in [0.5, 0.6) is 5.75 Å². The number of rotatable bonds is 3. The van der Waals surface area contributed by atoms with E-state index < -0.39 is 5.97 Å². The molecule has 0 atom stereocenters. The summed E-state index contributed by atoms with van der Waals surface area (Å²) in [5, 5.41) is 4.85. The minimum absolute atomic E-state index is 0.194. The lowest BCUT2D eigenvalue weighted by molar-refractivity contribution is -0.135. The third-order valence-electron chi connectivity index (χ3n) is 3.92. The average molecular weight is 336 g/mol. The predicted molar refractivity (Wildman–Crippen MR) is 85.9 cm³/mol. The number of hydrogen-bond donors (Lipinski definition) is 0. The quantitative estimate of drug-likeness (QED) is 0.638. The molecule has 0 amide bonds. The van der Waals surface area contributed by atoms with Crippen molar-refractivity contribution < 1.29 is 9.53 Å². The molecule has 0 radical (unpaired) electrons. The smallest absolute Gasteiger partial charge is 0.346 e. The predicted octanol–water partition coefficient (Wildman–Crippen LogP) is 2.34. The summed E-state index contributed by atoms with van der Waals surface area (Å²) in [5.74, 6) is 0.668. The molecule has 2 heterocycles. The lowest BCUT2D eigenvalue weighted by atomic mass is 10.2. The van der Waals surface area contributed by atoms with Crippen molar-refractivity contribution in [1.29, 1.82) is 0 Å². The van der Waals surface area contributed by atoms with Crippen molar-refractivity contribution in [2.24, 2.45) is 0 Å². The van der Waals surface area contributed by atoms with Gasteiger partial charge in [0.2, 0.25) is 0 Å². The third kappa shape index (κ3) is 3.47. The molecule has 2 aromatic rings. The van der Waals surface area contributed by atoms with E-state index >= 15 is 0 Å². The molecule has 1 aliphatic heterocycles. The van der Waals surface area contributed by atoms with Gasteiger partial charge in [0.05, 0.1) is 0 Å². The van der Waals surface area contributed by atoms with Gasteiger partial charge in [-0.15, -0.1) is 0 Å². The number of aromatic nitrogens is 3. The van der Waals surface area contributed by atoms with Crippen LogP contribution in [0.15, 0.2) is 23.0 Å². The number of carbonyl (C=O) groups excluding carboxylic acids is 1. The standard InChI is InChI=1S/C16H18ClN3O3/c1-11-9-12(17)6-7-13(11)23-15(21)10-20-16(22)19-8-4-2-3-5-14(19)18-20/h6-7,9H,2-5,8,10H2,1H3. The molecule has 1 aliphatic rings. The van der Waals surface area contributed by atoms with Crippen molar-refractivity contribution >= 4 is 17.6 Å². The van der Waals surface area contributed by atoms with Gasteiger partial charge in [0.25, 0.3) is 0 Å². The topological polar surface area (TPSA) is 66.1 Å². The van der Waals surface area contributed by atoms with Crippen molar-refractivity contribution in [2.75, 3.05) is 0 Å². The summed E-state index contributed by atoms with van der Waals surface area (Å²) in [4.78, 5) is 24.4. The molecule has 0 saturated heterocycles. The minimum atomic E-state index is -0.522. The molecular formula is C16H18ClN3O3. The van der Waals surface area contributed by atoms with Crippen LogP contribution in [0.25, 0.3) is 0 Å². The van der Waals surface area contributed by atoms with E-state index in [0.717, 1.165) is 37.1 Å². The Labute approximate surface area is 138 Å². The van der Waals surface area contributed by atoms with Gasteiger partial charge in [0.15, 0.2) is 0 Å². The molecule has 6 nitrogen and oxygen atoms in total. The van der Waals surface area contributed by atoms with Gasteiger partial charge in [-0.2, -0.15) is 5.10 Å². The Morgan fingerprint density at radius 2 is 2.17 bits per heavy atom. The highest BCUT2D eigenvalue weighted by Gasteiger charge is 2.18. The maximum atomic E-state index is 12.3. The van der Waals surface area contributed by atoms with Crippen LogP contribution >= 0.6 is 11.6 Å². The van der Waals surface area contributed by atoms with Crippen LogP contribution in [0.4, 0.5) is 0 Å². The number of halogens is 1. The van der Waals surface area contributed by atoms with Crippen LogP contribution < -0.4 is 10.4 Å². The summed E-state index contributed by atoms with van der Waals surface area (Å²) in [6.45, 7) is 2.28. The summed E-state index contributed by atoms with van der Waals surface area (Å²) in [5.41, 5.74) is 0.519. The fraction of sp³-hybridized carbons (Fsp3) is 0.438. The van der Waals surface area contributed by atoms with Crippen LogP contribution in [0, 0.1) is 6.92 Å².